The molecule has 7 heteroatoms. The second-order valence-corrected chi connectivity index (χ2v) is 5.53. The van der Waals surface area contributed by atoms with Gasteiger partial charge in [0.15, 0.2) is 5.13 Å². The molecular weight excluding hydrogens is 293 g/mol. The number of nitrogens with two attached hydrogens (primary N) is 1. The van der Waals surface area contributed by atoms with E-state index in [4.69, 9.17) is 10.5 Å². The number of nitrogens with zero attached hydrogens (tertiary/aromatic N) is 2. The Morgan fingerprint density at radius 1 is 1.43 bits per heavy atom. The number of thiazole rings is 1. The smallest absolute Gasteiger partial charge is 0.265 e. The van der Waals surface area contributed by atoms with Crippen LogP contribution in [0.1, 0.15) is 15.4 Å². The summed E-state index contributed by atoms with van der Waals surface area (Å²) in [5.41, 5.74) is 6.22. The van der Waals surface area contributed by atoms with E-state index in [2.05, 4.69) is 4.98 Å². The van der Waals surface area contributed by atoms with Crippen molar-refractivity contribution in [3.63, 3.8) is 0 Å². The molecule has 0 aliphatic rings. The SMILES string of the molecule is Cc1nc(N)sc1C(=O)N(C)CCOc1ccc(F)cc1. The fourth-order valence-electron chi connectivity index (χ4n) is 1.72. The number of aromatic nitrogens is 1. The van der Waals surface area contributed by atoms with Crippen LogP contribution in [0.2, 0.25) is 0 Å². The number of nitrogen functional groups attached to an aromatic ring is 1. The summed E-state index contributed by atoms with van der Waals surface area (Å²) in [5.74, 6) is 0.118. The molecule has 2 N–H and O–H groups in total. The van der Waals surface area contributed by atoms with Gasteiger partial charge in [-0.1, -0.05) is 11.3 Å². The van der Waals surface area contributed by atoms with Gasteiger partial charge in [0, 0.05) is 7.05 Å². The van der Waals surface area contributed by atoms with Gasteiger partial charge in [0.05, 0.1) is 12.2 Å². The summed E-state index contributed by atoms with van der Waals surface area (Å²) in [6, 6.07) is 5.75. The molecule has 0 aliphatic carbocycles. The van der Waals surface area contributed by atoms with Gasteiger partial charge in [0.25, 0.3) is 5.91 Å². The number of carbonyl (C=O) groups is 1. The molecule has 1 amide bonds. The molecular formula is C14H16FN3O2S. The fraction of sp³-hybridized carbons (Fsp3) is 0.286. The minimum Gasteiger partial charge on any atom is -0.492 e. The van der Waals surface area contributed by atoms with Crippen molar-refractivity contribution in [2.24, 2.45) is 0 Å². The number of benzene rings is 1. The Morgan fingerprint density at radius 3 is 2.67 bits per heavy atom. The summed E-state index contributed by atoms with van der Waals surface area (Å²) in [5, 5.41) is 0.381. The number of likely N-dealkylation sites (N-methyl/N-ethyl adjacent to an activating group) is 1. The lowest BCUT2D eigenvalue weighted by molar-refractivity contribution is 0.0777. The highest BCUT2D eigenvalue weighted by molar-refractivity contribution is 7.17. The second kappa shape index (κ2) is 6.53. The minimum atomic E-state index is -0.312. The molecule has 5 nitrogen and oxygen atoms in total. The van der Waals surface area contributed by atoms with Crippen LogP contribution in [-0.2, 0) is 0 Å². The van der Waals surface area contributed by atoms with Crippen molar-refractivity contribution >= 4 is 22.4 Å². The van der Waals surface area contributed by atoms with Gasteiger partial charge in [-0.2, -0.15) is 0 Å². The van der Waals surface area contributed by atoms with Gasteiger partial charge < -0.3 is 15.4 Å². The Labute approximate surface area is 126 Å². The summed E-state index contributed by atoms with van der Waals surface area (Å²) in [6.07, 6.45) is 0. The van der Waals surface area contributed by atoms with Crippen molar-refractivity contribution < 1.29 is 13.9 Å². The first kappa shape index (κ1) is 15.2. The molecule has 112 valence electrons. The highest BCUT2D eigenvalue weighted by Crippen LogP contribution is 2.21. The molecule has 1 aromatic carbocycles. The predicted molar refractivity (Wildman–Crippen MR) is 80.1 cm³/mol. The first-order valence-electron chi connectivity index (χ1n) is 6.34. The van der Waals surface area contributed by atoms with E-state index in [1.54, 1.807) is 31.0 Å². The lowest BCUT2D eigenvalue weighted by atomic mass is 10.3. The normalized spacial score (nSPS) is 10.4. The third-order valence-electron chi connectivity index (χ3n) is 2.86. The molecule has 0 spiro atoms. The number of carbonyl (C=O) groups excluding carboxylic acids is 1. The Hall–Kier alpha value is -2.15. The highest BCUT2D eigenvalue weighted by Gasteiger charge is 2.18. The first-order chi connectivity index (χ1) is 9.97. The van der Waals surface area contributed by atoms with Crippen LogP contribution in [0, 0.1) is 12.7 Å². The average molecular weight is 309 g/mol. The zero-order chi connectivity index (χ0) is 15.4. The van der Waals surface area contributed by atoms with Gasteiger partial charge >= 0.3 is 0 Å². The van der Waals surface area contributed by atoms with E-state index < -0.39 is 0 Å². The van der Waals surface area contributed by atoms with E-state index >= 15 is 0 Å². The molecule has 2 aromatic rings. The third-order valence-corrected chi connectivity index (χ3v) is 3.84. The summed E-state index contributed by atoms with van der Waals surface area (Å²) < 4.78 is 18.2. The molecule has 0 bridgehead atoms. The first-order valence-corrected chi connectivity index (χ1v) is 7.15. The summed E-state index contributed by atoms with van der Waals surface area (Å²) in [7, 11) is 1.69. The van der Waals surface area contributed by atoms with E-state index in [9.17, 15) is 9.18 Å². The van der Waals surface area contributed by atoms with Crippen molar-refractivity contribution in [3.8, 4) is 5.75 Å². The van der Waals surface area contributed by atoms with E-state index in [0.29, 0.717) is 34.6 Å². The molecule has 0 aliphatic heterocycles. The zero-order valence-electron chi connectivity index (χ0n) is 11.8. The summed E-state index contributed by atoms with van der Waals surface area (Å²) >= 11 is 1.18. The number of anilines is 1. The zero-order valence-corrected chi connectivity index (χ0v) is 12.6. The Kier molecular flexibility index (Phi) is 4.74. The van der Waals surface area contributed by atoms with E-state index in [0.717, 1.165) is 0 Å². The number of amides is 1. The monoisotopic (exact) mass is 309 g/mol. The van der Waals surface area contributed by atoms with Crippen molar-refractivity contribution in [2.75, 3.05) is 25.9 Å². The molecule has 0 radical (unpaired) electrons. The quantitative estimate of drug-likeness (QED) is 0.920. The number of aryl methyl sites for hydroxylation is 1. The largest absolute Gasteiger partial charge is 0.492 e. The molecule has 21 heavy (non-hydrogen) atoms. The highest BCUT2D eigenvalue weighted by atomic mass is 32.1. The lowest BCUT2D eigenvalue weighted by Gasteiger charge is -2.16. The second-order valence-electron chi connectivity index (χ2n) is 4.50. The molecule has 1 aromatic heterocycles. The molecule has 0 saturated carbocycles. The van der Waals surface area contributed by atoms with Crippen molar-refractivity contribution in [3.05, 3.63) is 40.7 Å². The van der Waals surface area contributed by atoms with Crippen LogP contribution in [0.25, 0.3) is 0 Å². The number of hydrogen-bond donors (Lipinski definition) is 1. The van der Waals surface area contributed by atoms with Crippen molar-refractivity contribution in [1.82, 2.24) is 9.88 Å². The average Bonchev–Trinajstić information content (AvgIpc) is 2.79. The van der Waals surface area contributed by atoms with Gasteiger partial charge in [-0.15, -0.1) is 0 Å². The third kappa shape index (κ3) is 3.91. The van der Waals surface area contributed by atoms with Gasteiger partial charge in [-0.05, 0) is 31.2 Å². The van der Waals surface area contributed by atoms with Crippen LogP contribution in [0.4, 0.5) is 9.52 Å². The maximum Gasteiger partial charge on any atom is 0.265 e. The topological polar surface area (TPSA) is 68.5 Å². The number of hydrogen-bond acceptors (Lipinski definition) is 5. The summed E-state index contributed by atoms with van der Waals surface area (Å²) in [4.78, 5) is 18.3. The van der Waals surface area contributed by atoms with Crippen LogP contribution in [-0.4, -0.2) is 36.0 Å². The van der Waals surface area contributed by atoms with E-state index in [1.807, 2.05) is 0 Å². The standard InChI is InChI=1S/C14H16FN3O2S/c1-9-12(21-14(16)17-9)13(19)18(2)7-8-20-11-5-3-10(15)4-6-11/h3-6H,7-8H2,1-2H3,(H2,16,17). The van der Waals surface area contributed by atoms with E-state index in [-0.39, 0.29) is 11.7 Å². The molecule has 0 saturated heterocycles. The van der Waals surface area contributed by atoms with Gasteiger partial charge in [-0.25, -0.2) is 9.37 Å². The maximum atomic E-state index is 12.7. The minimum absolute atomic E-state index is 0.135. The van der Waals surface area contributed by atoms with Gasteiger partial charge in [-0.3, -0.25) is 4.79 Å². The molecule has 0 atom stereocenters. The Bertz CT molecular complexity index is 628. The summed E-state index contributed by atoms with van der Waals surface area (Å²) in [6.45, 7) is 2.48. The lowest BCUT2D eigenvalue weighted by Crippen LogP contribution is -2.30. The predicted octanol–water partition coefficient (Wildman–Crippen LogP) is 2.32. The molecule has 0 fully saturated rings. The number of halogens is 1. The van der Waals surface area contributed by atoms with Crippen molar-refractivity contribution in [1.29, 1.82) is 0 Å². The van der Waals surface area contributed by atoms with Crippen LogP contribution < -0.4 is 10.5 Å². The Morgan fingerprint density at radius 2 is 2.10 bits per heavy atom. The van der Waals surface area contributed by atoms with E-state index in [1.165, 1.54) is 23.5 Å². The van der Waals surface area contributed by atoms with Gasteiger partial charge in [0.1, 0.15) is 23.1 Å². The van der Waals surface area contributed by atoms with Crippen LogP contribution in [0.5, 0.6) is 5.75 Å². The van der Waals surface area contributed by atoms with Crippen LogP contribution in [0.3, 0.4) is 0 Å². The maximum absolute atomic E-state index is 12.7. The number of rotatable bonds is 5. The van der Waals surface area contributed by atoms with Crippen LogP contribution in [0.15, 0.2) is 24.3 Å². The molecule has 2 rings (SSSR count). The van der Waals surface area contributed by atoms with Gasteiger partial charge in [0.2, 0.25) is 0 Å². The number of ether oxygens (including phenoxy) is 1. The Balaban J connectivity index is 1.87. The fourth-order valence-corrected chi connectivity index (χ4v) is 2.55. The molecule has 0 unspecified atom stereocenters. The molecule has 1 heterocycles. The van der Waals surface area contributed by atoms with Crippen molar-refractivity contribution in [2.45, 2.75) is 6.92 Å². The van der Waals surface area contributed by atoms with Crippen LogP contribution >= 0.6 is 11.3 Å².